The highest BCUT2D eigenvalue weighted by molar-refractivity contribution is 4.89. The van der Waals surface area contributed by atoms with Crippen molar-refractivity contribution >= 4 is 0 Å². The average Bonchev–Trinajstić information content (AvgIpc) is 2.27. The minimum absolute atomic E-state index is 0.313. The second-order valence-electron chi connectivity index (χ2n) is 7.78. The standard InChI is InChI=1S/C16H35N3/c1-8-17-14(15(2,3)4)9-10-19-12-11-18(7)16(5,6)13-19/h14,17H,8-13H2,1-7H3. The smallest absolute Gasteiger partial charge is 0.0277 e. The lowest BCUT2D eigenvalue weighted by atomic mass is 9.84. The van der Waals surface area contributed by atoms with Crippen LogP contribution in [-0.2, 0) is 0 Å². The van der Waals surface area contributed by atoms with Gasteiger partial charge in [0.25, 0.3) is 0 Å². The fraction of sp³-hybridized carbons (Fsp3) is 1.00. The summed E-state index contributed by atoms with van der Waals surface area (Å²) in [7, 11) is 2.24. The summed E-state index contributed by atoms with van der Waals surface area (Å²) in [4.78, 5) is 5.12. The number of hydrogen-bond donors (Lipinski definition) is 1. The van der Waals surface area contributed by atoms with Gasteiger partial charge in [-0.05, 0) is 45.8 Å². The van der Waals surface area contributed by atoms with E-state index in [4.69, 9.17) is 0 Å². The van der Waals surface area contributed by atoms with E-state index in [0.717, 1.165) is 6.54 Å². The molecule has 0 aromatic heterocycles. The Morgan fingerprint density at radius 2 is 1.84 bits per heavy atom. The van der Waals surface area contributed by atoms with Crippen molar-refractivity contribution in [3.63, 3.8) is 0 Å². The lowest BCUT2D eigenvalue weighted by molar-refractivity contribution is 0.0359. The fourth-order valence-corrected chi connectivity index (χ4v) is 2.93. The SMILES string of the molecule is CCNC(CCN1CCN(C)C(C)(C)C1)C(C)(C)C. The van der Waals surface area contributed by atoms with Crippen molar-refractivity contribution in [2.75, 3.05) is 39.8 Å². The molecule has 0 amide bonds. The topological polar surface area (TPSA) is 18.5 Å². The molecule has 1 fully saturated rings. The molecule has 1 saturated heterocycles. The summed E-state index contributed by atoms with van der Waals surface area (Å²) in [5, 5.41) is 3.65. The van der Waals surface area contributed by atoms with Crippen LogP contribution in [0, 0.1) is 5.41 Å². The van der Waals surface area contributed by atoms with Crippen molar-refractivity contribution in [3.8, 4) is 0 Å². The van der Waals surface area contributed by atoms with Crippen LogP contribution in [0.15, 0.2) is 0 Å². The maximum atomic E-state index is 3.65. The van der Waals surface area contributed by atoms with E-state index in [1.54, 1.807) is 0 Å². The molecule has 1 heterocycles. The summed E-state index contributed by atoms with van der Waals surface area (Å²) in [5.74, 6) is 0. The van der Waals surface area contributed by atoms with Crippen LogP contribution < -0.4 is 5.32 Å². The Hall–Kier alpha value is -0.120. The van der Waals surface area contributed by atoms with Crippen LogP contribution in [0.4, 0.5) is 0 Å². The van der Waals surface area contributed by atoms with E-state index in [2.05, 4.69) is 63.7 Å². The van der Waals surface area contributed by atoms with Crippen molar-refractivity contribution < 1.29 is 0 Å². The lowest BCUT2D eigenvalue weighted by Gasteiger charge is -2.46. The van der Waals surface area contributed by atoms with E-state index in [1.807, 2.05) is 0 Å². The number of likely N-dealkylation sites (N-methyl/N-ethyl adjacent to an activating group) is 1. The third kappa shape index (κ3) is 5.05. The highest BCUT2D eigenvalue weighted by Gasteiger charge is 2.31. The molecule has 0 radical (unpaired) electrons. The van der Waals surface area contributed by atoms with Crippen LogP contribution in [-0.4, -0.2) is 61.2 Å². The number of hydrogen-bond acceptors (Lipinski definition) is 3. The summed E-state index contributed by atoms with van der Waals surface area (Å²) in [5.41, 5.74) is 0.659. The summed E-state index contributed by atoms with van der Waals surface area (Å²) in [6.07, 6.45) is 1.25. The Balaban J connectivity index is 2.47. The van der Waals surface area contributed by atoms with Gasteiger partial charge >= 0.3 is 0 Å². The summed E-state index contributed by atoms with van der Waals surface area (Å²) in [6, 6.07) is 0.611. The number of nitrogens with zero attached hydrogens (tertiary/aromatic N) is 2. The quantitative estimate of drug-likeness (QED) is 0.827. The summed E-state index contributed by atoms with van der Waals surface area (Å²) >= 11 is 0. The van der Waals surface area contributed by atoms with Crippen molar-refractivity contribution in [1.29, 1.82) is 0 Å². The van der Waals surface area contributed by atoms with E-state index in [-0.39, 0.29) is 0 Å². The van der Waals surface area contributed by atoms with E-state index < -0.39 is 0 Å². The van der Waals surface area contributed by atoms with Crippen LogP contribution in [0.5, 0.6) is 0 Å². The molecule has 0 aliphatic carbocycles. The van der Waals surface area contributed by atoms with Crippen LogP contribution in [0.2, 0.25) is 0 Å². The van der Waals surface area contributed by atoms with Gasteiger partial charge in [-0.2, -0.15) is 0 Å². The highest BCUT2D eigenvalue weighted by Crippen LogP contribution is 2.24. The minimum atomic E-state index is 0.313. The van der Waals surface area contributed by atoms with Crippen molar-refractivity contribution in [2.45, 2.75) is 59.5 Å². The molecule has 0 saturated carbocycles. The van der Waals surface area contributed by atoms with Gasteiger partial charge in [0.1, 0.15) is 0 Å². The Bertz CT molecular complexity index is 268. The van der Waals surface area contributed by atoms with E-state index in [1.165, 1.54) is 32.6 Å². The monoisotopic (exact) mass is 269 g/mol. The Labute approximate surface area is 120 Å². The molecule has 1 aliphatic rings. The van der Waals surface area contributed by atoms with Crippen molar-refractivity contribution in [2.24, 2.45) is 5.41 Å². The molecule has 19 heavy (non-hydrogen) atoms. The van der Waals surface area contributed by atoms with Gasteiger partial charge in [-0.25, -0.2) is 0 Å². The lowest BCUT2D eigenvalue weighted by Crippen LogP contribution is -2.58. The van der Waals surface area contributed by atoms with Gasteiger partial charge < -0.3 is 10.2 Å². The van der Waals surface area contributed by atoms with Crippen LogP contribution >= 0.6 is 0 Å². The Morgan fingerprint density at radius 1 is 1.21 bits per heavy atom. The average molecular weight is 269 g/mol. The predicted octanol–water partition coefficient (Wildman–Crippen LogP) is 2.43. The zero-order chi connectivity index (χ0) is 14.7. The van der Waals surface area contributed by atoms with Crippen LogP contribution in [0.3, 0.4) is 0 Å². The molecule has 1 atom stereocenters. The third-order valence-electron chi connectivity index (χ3n) is 4.63. The first-order chi connectivity index (χ1) is 8.66. The van der Waals surface area contributed by atoms with E-state index >= 15 is 0 Å². The summed E-state index contributed by atoms with van der Waals surface area (Å²) in [6.45, 7) is 19.8. The molecule has 0 aromatic carbocycles. The molecule has 1 rings (SSSR count). The molecule has 0 spiro atoms. The van der Waals surface area contributed by atoms with Gasteiger partial charge in [-0.3, -0.25) is 4.90 Å². The van der Waals surface area contributed by atoms with Gasteiger partial charge in [0.05, 0.1) is 0 Å². The first kappa shape index (κ1) is 16.9. The normalized spacial score (nSPS) is 23.5. The highest BCUT2D eigenvalue weighted by atomic mass is 15.3. The largest absolute Gasteiger partial charge is 0.314 e. The van der Waals surface area contributed by atoms with E-state index in [0.29, 0.717) is 17.0 Å². The number of rotatable bonds is 5. The first-order valence-electron chi connectivity index (χ1n) is 7.84. The summed E-state index contributed by atoms with van der Waals surface area (Å²) < 4.78 is 0. The third-order valence-corrected chi connectivity index (χ3v) is 4.63. The molecule has 1 aliphatic heterocycles. The zero-order valence-electron chi connectivity index (χ0n) is 14.2. The predicted molar refractivity (Wildman–Crippen MR) is 84.7 cm³/mol. The second-order valence-corrected chi connectivity index (χ2v) is 7.78. The van der Waals surface area contributed by atoms with E-state index in [9.17, 15) is 0 Å². The number of nitrogens with one attached hydrogen (secondary N) is 1. The molecular formula is C16H35N3. The number of piperazine rings is 1. The maximum absolute atomic E-state index is 3.65. The molecule has 1 unspecified atom stereocenters. The molecular weight excluding hydrogens is 234 g/mol. The molecule has 1 N–H and O–H groups in total. The van der Waals surface area contributed by atoms with Crippen molar-refractivity contribution in [3.05, 3.63) is 0 Å². The Morgan fingerprint density at radius 3 is 2.32 bits per heavy atom. The molecule has 0 bridgehead atoms. The van der Waals surface area contributed by atoms with Crippen LogP contribution in [0.1, 0.15) is 48.0 Å². The molecule has 3 nitrogen and oxygen atoms in total. The Kier molecular flexibility index (Phi) is 5.84. The van der Waals surface area contributed by atoms with Gasteiger partial charge in [0, 0.05) is 31.2 Å². The van der Waals surface area contributed by atoms with Gasteiger partial charge in [-0.1, -0.05) is 27.7 Å². The zero-order valence-corrected chi connectivity index (χ0v) is 14.2. The maximum Gasteiger partial charge on any atom is 0.0277 e. The molecule has 114 valence electrons. The van der Waals surface area contributed by atoms with Crippen LogP contribution in [0.25, 0.3) is 0 Å². The first-order valence-corrected chi connectivity index (χ1v) is 7.84. The van der Waals surface area contributed by atoms with Crippen molar-refractivity contribution in [1.82, 2.24) is 15.1 Å². The second kappa shape index (κ2) is 6.55. The fourth-order valence-electron chi connectivity index (χ4n) is 2.93. The van der Waals surface area contributed by atoms with Gasteiger partial charge in [-0.15, -0.1) is 0 Å². The van der Waals surface area contributed by atoms with Gasteiger partial charge in [0.15, 0.2) is 0 Å². The van der Waals surface area contributed by atoms with Gasteiger partial charge in [0.2, 0.25) is 0 Å². The minimum Gasteiger partial charge on any atom is -0.314 e. The molecule has 3 heteroatoms. The molecule has 0 aromatic rings.